The van der Waals surface area contributed by atoms with Crippen LogP contribution >= 0.6 is 0 Å². The Morgan fingerprint density at radius 1 is 1.23 bits per heavy atom. The molecule has 7 heteroatoms. The number of carbonyl (C=O) groups excluding carboxylic acids is 3. The highest BCUT2D eigenvalue weighted by Crippen LogP contribution is 2.18. The molecule has 0 spiro atoms. The van der Waals surface area contributed by atoms with E-state index in [1.54, 1.807) is 4.90 Å². The zero-order valence-corrected chi connectivity index (χ0v) is 12.5. The highest BCUT2D eigenvalue weighted by molar-refractivity contribution is 5.97. The van der Waals surface area contributed by atoms with Crippen LogP contribution in [0.4, 0.5) is 10.5 Å². The number of anilines is 1. The molecule has 2 rings (SSSR count). The Bertz CT molecular complexity index is 547. The SMILES string of the molecule is CNC(=O)NC(=O)CN1CCC[C@H]1C(=O)Nc1ccccc1. The standard InChI is InChI=1S/C15H20N4O3/c1-16-15(22)18-13(20)10-19-9-5-8-12(19)14(21)17-11-6-3-2-4-7-11/h2-4,6-7,12H,5,8-10H2,1H3,(H,17,21)(H2,16,18,20,22)/t12-/m0/s1. The van der Waals surface area contributed by atoms with E-state index in [1.807, 2.05) is 30.3 Å². The van der Waals surface area contributed by atoms with Crippen LogP contribution in [0.3, 0.4) is 0 Å². The number of nitrogens with zero attached hydrogens (tertiary/aromatic N) is 1. The summed E-state index contributed by atoms with van der Waals surface area (Å²) in [5, 5.41) is 7.37. The van der Waals surface area contributed by atoms with Crippen LogP contribution in [-0.4, -0.2) is 48.9 Å². The minimum absolute atomic E-state index is 0.0281. The fourth-order valence-corrected chi connectivity index (χ4v) is 2.47. The van der Waals surface area contributed by atoms with E-state index in [2.05, 4.69) is 16.0 Å². The van der Waals surface area contributed by atoms with Crippen LogP contribution in [0.2, 0.25) is 0 Å². The van der Waals surface area contributed by atoms with E-state index in [-0.39, 0.29) is 18.5 Å². The van der Waals surface area contributed by atoms with Crippen molar-refractivity contribution in [2.45, 2.75) is 18.9 Å². The van der Waals surface area contributed by atoms with Crippen molar-refractivity contribution in [3.8, 4) is 0 Å². The van der Waals surface area contributed by atoms with Crippen LogP contribution in [0.5, 0.6) is 0 Å². The number of hydrogen-bond acceptors (Lipinski definition) is 4. The van der Waals surface area contributed by atoms with Gasteiger partial charge in [-0.25, -0.2) is 4.79 Å². The van der Waals surface area contributed by atoms with E-state index in [1.165, 1.54) is 7.05 Å². The van der Waals surface area contributed by atoms with E-state index in [0.717, 1.165) is 12.1 Å². The van der Waals surface area contributed by atoms with Gasteiger partial charge in [-0.2, -0.15) is 0 Å². The van der Waals surface area contributed by atoms with E-state index in [4.69, 9.17) is 0 Å². The highest BCUT2D eigenvalue weighted by atomic mass is 16.2. The summed E-state index contributed by atoms with van der Waals surface area (Å²) < 4.78 is 0. The molecular formula is C15H20N4O3. The van der Waals surface area contributed by atoms with Gasteiger partial charge in [0.05, 0.1) is 12.6 Å². The fourth-order valence-electron chi connectivity index (χ4n) is 2.47. The second-order valence-corrected chi connectivity index (χ2v) is 5.11. The van der Waals surface area contributed by atoms with Gasteiger partial charge in [0, 0.05) is 12.7 Å². The van der Waals surface area contributed by atoms with E-state index in [0.29, 0.717) is 13.0 Å². The summed E-state index contributed by atoms with van der Waals surface area (Å²) in [6.45, 7) is 0.689. The smallest absolute Gasteiger partial charge is 0.321 e. The summed E-state index contributed by atoms with van der Waals surface area (Å²) in [5.74, 6) is -0.546. The third-order valence-electron chi connectivity index (χ3n) is 3.53. The number of hydrogen-bond donors (Lipinski definition) is 3. The van der Waals surface area contributed by atoms with Crippen LogP contribution in [0, 0.1) is 0 Å². The molecule has 1 fully saturated rings. The summed E-state index contributed by atoms with van der Waals surface area (Å²) in [6, 6.07) is 8.30. The van der Waals surface area contributed by atoms with Crippen molar-refractivity contribution >= 4 is 23.5 Å². The average Bonchev–Trinajstić information content (AvgIpc) is 2.96. The lowest BCUT2D eigenvalue weighted by molar-refractivity contribution is -0.124. The lowest BCUT2D eigenvalue weighted by atomic mass is 10.2. The minimum Gasteiger partial charge on any atom is -0.341 e. The Balaban J connectivity index is 1.91. The minimum atomic E-state index is -0.547. The molecule has 1 atom stereocenters. The molecule has 1 aromatic carbocycles. The molecule has 1 saturated heterocycles. The number of amides is 4. The van der Waals surface area contributed by atoms with Gasteiger partial charge >= 0.3 is 6.03 Å². The molecule has 0 aliphatic carbocycles. The number of imide groups is 1. The molecule has 0 unspecified atom stereocenters. The molecule has 4 amide bonds. The van der Waals surface area contributed by atoms with Crippen molar-refractivity contribution in [3.05, 3.63) is 30.3 Å². The highest BCUT2D eigenvalue weighted by Gasteiger charge is 2.32. The van der Waals surface area contributed by atoms with Gasteiger partial charge in [0.15, 0.2) is 0 Å². The maximum absolute atomic E-state index is 12.3. The molecule has 7 nitrogen and oxygen atoms in total. The predicted molar refractivity (Wildman–Crippen MR) is 82.3 cm³/mol. The second-order valence-electron chi connectivity index (χ2n) is 5.11. The number of para-hydroxylation sites is 1. The lowest BCUT2D eigenvalue weighted by Crippen LogP contribution is -2.47. The molecule has 1 aromatic rings. The van der Waals surface area contributed by atoms with Gasteiger partial charge in [-0.15, -0.1) is 0 Å². The molecule has 0 radical (unpaired) electrons. The maximum Gasteiger partial charge on any atom is 0.321 e. The lowest BCUT2D eigenvalue weighted by Gasteiger charge is -2.22. The van der Waals surface area contributed by atoms with E-state index in [9.17, 15) is 14.4 Å². The Hall–Kier alpha value is -2.41. The van der Waals surface area contributed by atoms with Crippen molar-refractivity contribution in [3.63, 3.8) is 0 Å². The summed E-state index contributed by atoms with van der Waals surface area (Å²) in [6.07, 6.45) is 1.55. The van der Waals surface area contributed by atoms with Crippen molar-refractivity contribution < 1.29 is 14.4 Å². The van der Waals surface area contributed by atoms with Gasteiger partial charge in [0.25, 0.3) is 0 Å². The first-order chi connectivity index (χ1) is 10.6. The largest absolute Gasteiger partial charge is 0.341 e. The molecule has 22 heavy (non-hydrogen) atoms. The molecule has 0 bridgehead atoms. The molecule has 0 aromatic heterocycles. The first-order valence-electron chi connectivity index (χ1n) is 7.21. The van der Waals surface area contributed by atoms with Gasteiger partial charge in [-0.1, -0.05) is 18.2 Å². The van der Waals surface area contributed by atoms with Crippen LogP contribution in [0.15, 0.2) is 30.3 Å². The number of nitrogens with one attached hydrogen (secondary N) is 3. The number of rotatable bonds is 4. The number of urea groups is 1. The molecule has 0 saturated carbocycles. The fraction of sp³-hybridized carbons (Fsp3) is 0.400. The molecule has 3 N–H and O–H groups in total. The molecule has 1 heterocycles. The second kappa shape index (κ2) is 7.56. The summed E-state index contributed by atoms with van der Waals surface area (Å²) >= 11 is 0. The summed E-state index contributed by atoms with van der Waals surface area (Å²) in [5.41, 5.74) is 0.731. The summed E-state index contributed by atoms with van der Waals surface area (Å²) in [7, 11) is 1.44. The topological polar surface area (TPSA) is 90.5 Å². The average molecular weight is 304 g/mol. The number of carbonyl (C=O) groups is 3. The van der Waals surface area contributed by atoms with Gasteiger partial charge < -0.3 is 10.6 Å². The van der Waals surface area contributed by atoms with Crippen LogP contribution < -0.4 is 16.0 Å². The third-order valence-corrected chi connectivity index (χ3v) is 3.53. The first-order valence-corrected chi connectivity index (χ1v) is 7.21. The van der Waals surface area contributed by atoms with Crippen LogP contribution in [0.1, 0.15) is 12.8 Å². The molecule has 1 aliphatic rings. The predicted octanol–water partition coefficient (Wildman–Crippen LogP) is 0.545. The van der Waals surface area contributed by atoms with Gasteiger partial charge in [-0.05, 0) is 31.5 Å². The summed E-state index contributed by atoms with van der Waals surface area (Å²) in [4.78, 5) is 37.0. The van der Waals surface area contributed by atoms with Gasteiger partial charge in [0.1, 0.15) is 0 Å². The normalized spacial score (nSPS) is 17.8. The quantitative estimate of drug-likeness (QED) is 0.757. The van der Waals surface area contributed by atoms with Crippen molar-refractivity contribution in [2.24, 2.45) is 0 Å². The van der Waals surface area contributed by atoms with Crippen LogP contribution in [-0.2, 0) is 9.59 Å². The maximum atomic E-state index is 12.3. The Morgan fingerprint density at radius 3 is 2.64 bits per heavy atom. The Labute approximate surface area is 129 Å². The van der Waals surface area contributed by atoms with E-state index < -0.39 is 11.9 Å². The first kappa shape index (κ1) is 16.0. The van der Waals surface area contributed by atoms with Gasteiger partial charge in [-0.3, -0.25) is 19.8 Å². The molecule has 118 valence electrons. The van der Waals surface area contributed by atoms with Crippen molar-refractivity contribution in [2.75, 3.05) is 25.5 Å². The number of benzene rings is 1. The van der Waals surface area contributed by atoms with Crippen LogP contribution in [0.25, 0.3) is 0 Å². The molecular weight excluding hydrogens is 284 g/mol. The zero-order valence-electron chi connectivity index (χ0n) is 12.5. The third kappa shape index (κ3) is 4.29. The molecule has 1 aliphatic heterocycles. The van der Waals surface area contributed by atoms with Crippen molar-refractivity contribution in [1.82, 2.24) is 15.5 Å². The van der Waals surface area contributed by atoms with Crippen molar-refractivity contribution in [1.29, 1.82) is 0 Å². The Morgan fingerprint density at radius 2 is 1.95 bits per heavy atom. The van der Waals surface area contributed by atoms with E-state index >= 15 is 0 Å². The number of likely N-dealkylation sites (tertiary alicyclic amines) is 1. The Kier molecular flexibility index (Phi) is 5.48. The monoisotopic (exact) mass is 304 g/mol. The van der Waals surface area contributed by atoms with Gasteiger partial charge in [0.2, 0.25) is 11.8 Å². The zero-order chi connectivity index (χ0) is 15.9.